The van der Waals surface area contributed by atoms with Crippen LogP contribution in [0.5, 0.6) is 0 Å². The Morgan fingerprint density at radius 1 is 1.53 bits per heavy atom. The molecule has 0 amide bonds. The lowest BCUT2D eigenvalue weighted by Gasteiger charge is -1.94. The standard InChI is InChI=1S/C11H11N3O/c1-8(12)11-9-4-2-3-5-10(9)14(13-11)6-7-15/h2-5,7H,1,6,12H2. The molecule has 0 aliphatic heterocycles. The third-order valence-electron chi connectivity index (χ3n) is 2.21. The summed E-state index contributed by atoms with van der Waals surface area (Å²) < 4.78 is 1.62. The zero-order valence-corrected chi connectivity index (χ0v) is 8.18. The number of carbonyl (C=O) groups is 1. The van der Waals surface area contributed by atoms with Crippen LogP contribution in [0, 0.1) is 0 Å². The first-order valence-corrected chi connectivity index (χ1v) is 4.58. The number of aldehydes is 1. The van der Waals surface area contributed by atoms with E-state index in [1.807, 2.05) is 24.3 Å². The van der Waals surface area contributed by atoms with Gasteiger partial charge in [-0.15, -0.1) is 0 Å². The van der Waals surface area contributed by atoms with Gasteiger partial charge in [-0.2, -0.15) is 5.10 Å². The molecule has 4 nitrogen and oxygen atoms in total. The molecule has 1 aromatic heterocycles. The molecule has 0 atom stereocenters. The van der Waals surface area contributed by atoms with E-state index in [9.17, 15) is 4.79 Å². The zero-order valence-electron chi connectivity index (χ0n) is 8.18. The maximum Gasteiger partial charge on any atom is 0.141 e. The normalized spacial score (nSPS) is 10.4. The Balaban J connectivity index is 2.72. The van der Waals surface area contributed by atoms with E-state index in [0.29, 0.717) is 11.4 Å². The fourth-order valence-electron chi connectivity index (χ4n) is 1.57. The van der Waals surface area contributed by atoms with Crippen molar-refractivity contribution in [3.8, 4) is 0 Å². The van der Waals surface area contributed by atoms with Crippen LogP contribution in [-0.4, -0.2) is 16.1 Å². The van der Waals surface area contributed by atoms with E-state index in [4.69, 9.17) is 5.73 Å². The average Bonchev–Trinajstić information content (AvgIpc) is 2.59. The topological polar surface area (TPSA) is 60.9 Å². The van der Waals surface area contributed by atoms with Crippen molar-refractivity contribution in [3.05, 3.63) is 36.5 Å². The predicted molar refractivity (Wildman–Crippen MR) is 59.0 cm³/mol. The molecule has 4 heteroatoms. The first kappa shape index (κ1) is 9.45. The highest BCUT2D eigenvalue weighted by Gasteiger charge is 2.09. The monoisotopic (exact) mass is 201 g/mol. The van der Waals surface area contributed by atoms with Gasteiger partial charge in [0, 0.05) is 5.39 Å². The van der Waals surface area contributed by atoms with E-state index in [-0.39, 0.29) is 6.54 Å². The molecule has 76 valence electrons. The van der Waals surface area contributed by atoms with E-state index in [0.717, 1.165) is 17.2 Å². The van der Waals surface area contributed by atoms with Gasteiger partial charge in [0.1, 0.15) is 12.0 Å². The molecule has 2 rings (SSSR count). The van der Waals surface area contributed by atoms with Gasteiger partial charge in [-0.1, -0.05) is 24.8 Å². The number of fused-ring (bicyclic) bond motifs is 1. The summed E-state index contributed by atoms with van der Waals surface area (Å²) >= 11 is 0. The van der Waals surface area contributed by atoms with Crippen molar-refractivity contribution >= 4 is 22.9 Å². The quantitative estimate of drug-likeness (QED) is 0.758. The Bertz CT molecular complexity index is 528. The van der Waals surface area contributed by atoms with Gasteiger partial charge >= 0.3 is 0 Å². The van der Waals surface area contributed by atoms with Crippen molar-refractivity contribution in [3.63, 3.8) is 0 Å². The van der Waals surface area contributed by atoms with Crippen LogP contribution in [0.25, 0.3) is 16.6 Å². The number of hydrogen-bond donors (Lipinski definition) is 1. The molecule has 1 heterocycles. The lowest BCUT2D eigenvalue weighted by Crippen LogP contribution is -2.02. The number of aromatic nitrogens is 2. The smallest absolute Gasteiger partial charge is 0.141 e. The first-order valence-electron chi connectivity index (χ1n) is 4.58. The maximum atomic E-state index is 10.5. The van der Waals surface area contributed by atoms with Crippen molar-refractivity contribution in [2.24, 2.45) is 5.73 Å². The molecule has 0 radical (unpaired) electrons. The summed E-state index contributed by atoms with van der Waals surface area (Å²) in [6.07, 6.45) is 0.808. The van der Waals surface area contributed by atoms with Gasteiger partial charge in [-0.05, 0) is 6.07 Å². The van der Waals surface area contributed by atoms with Crippen LogP contribution < -0.4 is 5.73 Å². The molecule has 15 heavy (non-hydrogen) atoms. The largest absolute Gasteiger partial charge is 0.397 e. The van der Waals surface area contributed by atoms with Crippen molar-refractivity contribution < 1.29 is 4.79 Å². The number of benzene rings is 1. The van der Waals surface area contributed by atoms with Crippen LogP contribution in [0.3, 0.4) is 0 Å². The van der Waals surface area contributed by atoms with Crippen LogP contribution >= 0.6 is 0 Å². The summed E-state index contributed by atoms with van der Waals surface area (Å²) in [6.45, 7) is 3.89. The van der Waals surface area contributed by atoms with Crippen molar-refractivity contribution in [1.82, 2.24) is 9.78 Å². The van der Waals surface area contributed by atoms with Crippen LogP contribution in [0.1, 0.15) is 5.69 Å². The minimum atomic E-state index is 0.230. The molecular formula is C11H11N3O. The molecule has 0 fully saturated rings. The van der Waals surface area contributed by atoms with E-state index < -0.39 is 0 Å². The summed E-state index contributed by atoms with van der Waals surface area (Å²) in [4.78, 5) is 10.5. The molecule has 2 N–H and O–H groups in total. The number of carbonyl (C=O) groups excluding carboxylic acids is 1. The van der Waals surface area contributed by atoms with E-state index in [1.54, 1.807) is 4.68 Å². The predicted octanol–water partition coefficient (Wildman–Crippen LogP) is 1.16. The zero-order chi connectivity index (χ0) is 10.8. The van der Waals surface area contributed by atoms with Crippen LogP contribution in [0.4, 0.5) is 0 Å². The van der Waals surface area contributed by atoms with Crippen LogP contribution in [-0.2, 0) is 11.3 Å². The number of nitrogens with two attached hydrogens (primary N) is 1. The second-order valence-corrected chi connectivity index (χ2v) is 3.24. The first-order chi connectivity index (χ1) is 7.24. The van der Waals surface area contributed by atoms with Gasteiger partial charge in [0.15, 0.2) is 0 Å². The second kappa shape index (κ2) is 3.57. The molecule has 0 saturated carbocycles. The molecule has 0 aliphatic rings. The number of para-hydroxylation sites is 1. The second-order valence-electron chi connectivity index (χ2n) is 3.24. The van der Waals surface area contributed by atoms with Crippen LogP contribution in [0.15, 0.2) is 30.8 Å². The Kier molecular flexibility index (Phi) is 2.25. The Hall–Kier alpha value is -2.10. The number of hydrogen-bond acceptors (Lipinski definition) is 3. The summed E-state index contributed by atoms with van der Waals surface area (Å²) in [5.41, 5.74) is 7.58. The molecule has 0 unspecified atom stereocenters. The van der Waals surface area contributed by atoms with Gasteiger partial charge in [0.25, 0.3) is 0 Å². The SMILES string of the molecule is C=C(N)c1nn(CC=O)c2ccccc12. The van der Waals surface area contributed by atoms with Gasteiger partial charge in [-0.3, -0.25) is 4.68 Å². The molecular weight excluding hydrogens is 190 g/mol. The minimum Gasteiger partial charge on any atom is -0.397 e. The third-order valence-corrected chi connectivity index (χ3v) is 2.21. The highest BCUT2D eigenvalue weighted by Crippen LogP contribution is 2.20. The number of rotatable bonds is 3. The van der Waals surface area contributed by atoms with Gasteiger partial charge in [-0.25, -0.2) is 0 Å². The van der Waals surface area contributed by atoms with Gasteiger partial charge < -0.3 is 10.5 Å². The number of nitrogens with zero attached hydrogens (tertiary/aromatic N) is 2. The fraction of sp³-hybridized carbons (Fsp3) is 0.0909. The molecule has 2 aromatic rings. The van der Waals surface area contributed by atoms with Crippen molar-refractivity contribution in [2.75, 3.05) is 0 Å². The van der Waals surface area contributed by atoms with E-state index in [1.165, 1.54) is 0 Å². The highest BCUT2D eigenvalue weighted by atomic mass is 16.1. The lowest BCUT2D eigenvalue weighted by atomic mass is 10.2. The summed E-state index contributed by atoms with van der Waals surface area (Å²) in [7, 11) is 0. The third kappa shape index (κ3) is 1.50. The van der Waals surface area contributed by atoms with Gasteiger partial charge in [0.2, 0.25) is 0 Å². The maximum absolute atomic E-state index is 10.5. The summed E-state index contributed by atoms with van der Waals surface area (Å²) in [5.74, 6) is 0. The average molecular weight is 201 g/mol. The molecule has 0 spiro atoms. The molecule has 0 bridgehead atoms. The minimum absolute atomic E-state index is 0.230. The fourth-order valence-corrected chi connectivity index (χ4v) is 1.57. The van der Waals surface area contributed by atoms with Crippen LogP contribution in [0.2, 0.25) is 0 Å². The molecule has 0 aliphatic carbocycles. The van der Waals surface area contributed by atoms with E-state index >= 15 is 0 Å². The Labute approximate surface area is 87.0 Å². The summed E-state index contributed by atoms with van der Waals surface area (Å²) in [6, 6.07) is 7.62. The Morgan fingerprint density at radius 3 is 2.93 bits per heavy atom. The van der Waals surface area contributed by atoms with Crippen molar-refractivity contribution in [2.45, 2.75) is 6.54 Å². The molecule has 0 saturated heterocycles. The molecule has 1 aromatic carbocycles. The van der Waals surface area contributed by atoms with E-state index in [2.05, 4.69) is 11.7 Å². The summed E-state index contributed by atoms with van der Waals surface area (Å²) in [5, 5.41) is 5.16. The Morgan fingerprint density at radius 2 is 2.27 bits per heavy atom. The lowest BCUT2D eigenvalue weighted by molar-refractivity contribution is -0.108. The highest BCUT2D eigenvalue weighted by molar-refractivity contribution is 5.89. The van der Waals surface area contributed by atoms with Crippen molar-refractivity contribution in [1.29, 1.82) is 0 Å². The van der Waals surface area contributed by atoms with Gasteiger partial charge in [0.05, 0.1) is 17.8 Å².